The fourth-order valence-corrected chi connectivity index (χ4v) is 9.96. The molecule has 1 atom stereocenters. The van der Waals surface area contributed by atoms with Crippen molar-refractivity contribution in [1.82, 2.24) is 14.1 Å². The molecule has 6 aromatic carbocycles. The Labute approximate surface area is 236 Å². The van der Waals surface area contributed by atoms with Crippen molar-refractivity contribution in [2.45, 2.75) is 6.92 Å². The van der Waals surface area contributed by atoms with Gasteiger partial charge in [-0.2, -0.15) is 0 Å². The lowest BCUT2D eigenvalue weighted by molar-refractivity contribution is 0.592. The summed E-state index contributed by atoms with van der Waals surface area (Å²) in [6.45, 7) is 2.03. The van der Waals surface area contributed by atoms with Gasteiger partial charge in [0.1, 0.15) is 5.82 Å². The fourth-order valence-electron chi connectivity index (χ4n) is 6.93. The number of para-hydroxylation sites is 2. The first-order valence-electron chi connectivity index (χ1n) is 13.9. The maximum absolute atomic E-state index is 15.6. The van der Waals surface area contributed by atoms with Gasteiger partial charge in [0.2, 0.25) is 0 Å². The molecule has 41 heavy (non-hydrogen) atoms. The van der Waals surface area contributed by atoms with Crippen LogP contribution in [0.4, 0.5) is 0 Å². The van der Waals surface area contributed by atoms with Crippen molar-refractivity contribution in [1.29, 1.82) is 0 Å². The molecule has 0 radical (unpaired) electrons. The van der Waals surface area contributed by atoms with E-state index in [4.69, 9.17) is 4.98 Å². The maximum atomic E-state index is 15.6. The number of nitrogens with zero attached hydrogens (tertiary/aromatic N) is 3. The van der Waals surface area contributed by atoms with Crippen molar-refractivity contribution in [3.05, 3.63) is 133 Å². The standard InChI is InChI=1S/C36H24N3OP/c1-23-37-29-15-9-17-33-36(29)38(23)31-21-19-25(22-34(31)41(33,40)26-11-3-2-4-12-26)39-30-16-8-7-14-28(30)35-27-13-6-5-10-24(27)18-20-32(35)39/h2-22H,1H3. The van der Waals surface area contributed by atoms with Gasteiger partial charge in [0, 0.05) is 32.4 Å². The average Bonchev–Trinajstić information content (AvgIpc) is 3.55. The van der Waals surface area contributed by atoms with Crippen molar-refractivity contribution in [3.63, 3.8) is 0 Å². The van der Waals surface area contributed by atoms with Crippen LogP contribution in [0, 0.1) is 6.92 Å². The minimum absolute atomic E-state index is 0.837. The summed E-state index contributed by atoms with van der Waals surface area (Å²) in [6.07, 6.45) is 0. The van der Waals surface area contributed by atoms with Crippen LogP contribution in [0.15, 0.2) is 127 Å². The van der Waals surface area contributed by atoms with Crippen molar-refractivity contribution in [3.8, 4) is 11.4 Å². The summed E-state index contributed by atoms with van der Waals surface area (Å²) in [6, 6.07) is 44.0. The van der Waals surface area contributed by atoms with Crippen LogP contribution in [0.25, 0.3) is 55.0 Å². The number of hydrogen-bond acceptors (Lipinski definition) is 2. The number of imidazole rings is 1. The molecule has 0 aliphatic carbocycles. The van der Waals surface area contributed by atoms with Crippen molar-refractivity contribution in [2.24, 2.45) is 0 Å². The highest BCUT2D eigenvalue weighted by atomic mass is 31.2. The van der Waals surface area contributed by atoms with E-state index >= 15 is 4.57 Å². The van der Waals surface area contributed by atoms with E-state index in [-0.39, 0.29) is 0 Å². The molecule has 1 aliphatic rings. The van der Waals surface area contributed by atoms with E-state index in [2.05, 4.69) is 88.0 Å². The summed E-state index contributed by atoms with van der Waals surface area (Å²) in [5.41, 5.74) is 6.02. The van der Waals surface area contributed by atoms with Gasteiger partial charge >= 0.3 is 0 Å². The molecule has 5 heteroatoms. The third-order valence-electron chi connectivity index (χ3n) is 8.64. The van der Waals surface area contributed by atoms with Gasteiger partial charge in [0.15, 0.2) is 7.14 Å². The Hall–Kier alpha value is -4.92. The van der Waals surface area contributed by atoms with Crippen molar-refractivity contribution >= 4 is 66.7 Å². The molecule has 8 aromatic rings. The first-order chi connectivity index (χ1) is 20.1. The normalized spacial score (nSPS) is 16.1. The summed E-state index contributed by atoms with van der Waals surface area (Å²) in [7, 11) is -3.21. The molecule has 0 N–H and O–H groups in total. The molecule has 0 bridgehead atoms. The molecule has 1 aliphatic heterocycles. The molecule has 0 amide bonds. The van der Waals surface area contributed by atoms with E-state index in [0.717, 1.165) is 55.2 Å². The zero-order chi connectivity index (χ0) is 27.3. The Morgan fingerprint density at radius 1 is 0.634 bits per heavy atom. The Balaban J connectivity index is 1.42. The number of fused-ring (bicyclic) bond motifs is 7. The molecular formula is C36H24N3OP. The number of aromatic nitrogens is 3. The minimum atomic E-state index is -3.21. The summed E-state index contributed by atoms with van der Waals surface area (Å²) < 4.78 is 20.2. The second kappa shape index (κ2) is 8.06. The first kappa shape index (κ1) is 22.9. The van der Waals surface area contributed by atoms with Crippen LogP contribution in [0.3, 0.4) is 0 Å². The quantitative estimate of drug-likeness (QED) is 0.211. The lowest BCUT2D eigenvalue weighted by Gasteiger charge is -2.29. The molecule has 3 heterocycles. The van der Waals surface area contributed by atoms with E-state index in [9.17, 15) is 0 Å². The van der Waals surface area contributed by atoms with Gasteiger partial charge in [-0.25, -0.2) is 4.98 Å². The van der Waals surface area contributed by atoms with E-state index in [1.54, 1.807) is 0 Å². The minimum Gasteiger partial charge on any atom is -0.309 e. The van der Waals surface area contributed by atoms with Crippen LogP contribution in [0.5, 0.6) is 0 Å². The van der Waals surface area contributed by atoms with Crippen LogP contribution >= 0.6 is 7.14 Å². The smallest absolute Gasteiger partial charge is 0.175 e. The summed E-state index contributed by atoms with van der Waals surface area (Å²) >= 11 is 0. The largest absolute Gasteiger partial charge is 0.309 e. The Morgan fingerprint density at radius 3 is 2.29 bits per heavy atom. The van der Waals surface area contributed by atoms with Crippen LogP contribution in [0.1, 0.15) is 5.82 Å². The Morgan fingerprint density at radius 2 is 1.41 bits per heavy atom. The predicted octanol–water partition coefficient (Wildman–Crippen LogP) is 7.54. The molecule has 0 fully saturated rings. The third kappa shape index (κ3) is 2.90. The van der Waals surface area contributed by atoms with Gasteiger partial charge < -0.3 is 9.13 Å². The zero-order valence-electron chi connectivity index (χ0n) is 22.3. The van der Waals surface area contributed by atoms with E-state index < -0.39 is 7.14 Å². The first-order valence-corrected chi connectivity index (χ1v) is 15.6. The highest BCUT2D eigenvalue weighted by Gasteiger charge is 2.39. The SMILES string of the molecule is Cc1nc2cccc3c2n1-c1ccc(-n2c4ccccc4c4c5ccccc5ccc42)cc1P3(=O)c1ccccc1. The molecule has 4 nitrogen and oxygen atoms in total. The van der Waals surface area contributed by atoms with Crippen LogP contribution < -0.4 is 15.9 Å². The van der Waals surface area contributed by atoms with Crippen LogP contribution in [-0.4, -0.2) is 14.1 Å². The number of benzene rings is 6. The van der Waals surface area contributed by atoms with Crippen LogP contribution in [0.2, 0.25) is 0 Å². The fraction of sp³-hybridized carbons (Fsp3) is 0.0278. The lowest BCUT2D eigenvalue weighted by Crippen LogP contribution is -2.33. The lowest BCUT2D eigenvalue weighted by atomic mass is 10.0. The van der Waals surface area contributed by atoms with E-state index in [1.165, 1.54) is 21.5 Å². The van der Waals surface area contributed by atoms with Gasteiger partial charge in [-0.05, 0) is 60.2 Å². The summed E-state index contributed by atoms with van der Waals surface area (Å²) in [4.78, 5) is 4.86. The Kier molecular flexibility index (Phi) is 4.49. The molecule has 0 saturated heterocycles. The third-order valence-corrected chi connectivity index (χ3v) is 11.7. The number of hydrogen-bond donors (Lipinski definition) is 0. The maximum Gasteiger partial charge on any atom is 0.175 e. The van der Waals surface area contributed by atoms with Gasteiger partial charge in [-0.3, -0.25) is 4.57 Å². The van der Waals surface area contributed by atoms with E-state index in [0.29, 0.717) is 0 Å². The topological polar surface area (TPSA) is 39.8 Å². The highest BCUT2D eigenvalue weighted by molar-refractivity contribution is 7.86. The molecule has 0 spiro atoms. The van der Waals surface area contributed by atoms with Gasteiger partial charge in [0.05, 0.1) is 27.8 Å². The zero-order valence-corrected chi connectivity index (χ0v) is 23.2. The van der Waals surface area contributed by atoms with Gasteiger partial charge in [-0.15, -0.1) is 0 Å². The summed E-state index contributed by atoms with van der Waals surface area (Å²) in [5, 5.41) is 7.43. The highest BCUT2D eigenvalue weighted by Crippen LogP contribution is 2.50. The van der Waals surface area contributed by atoms with E-state index in [1.807, 2.05) is 55.5 Å². The number of aryl methyl sites for hydroxylation is 1. The predicted molar refractivity (Wildman–Crippen MR) is 171 cm³/mol. The second-order valence-corrected chi connectivity index (χ2v) is 13.5. The van der Waals surface area contributed by atoms with Crippen molar-refractivity contribution in [2.75, 3.05) is 0 Å². The monoisotopic (exact) mass is 545 g/mol. The van der Waals surface area contributed by atoms with Gasteiger partial charge in [-0.1, -0.05) is 84.9 Å². The van der Waals surface area contributed by atoms with Crippen molar-refractivity contribution < 1.29 is 4.57 Å². The molecule has 194 valence electrons. The van der Waals surface area contributed by atoms with Crippen LogP contribution in [-0.2, 0) is 4.57 Å². The second-order valence-electron chi connectivity index (χ2n) is 10.8. The summed E-state index contributed by atoms with van der Waals surface area (Å²) in [5.74, 6) is 0.893. The Bertz CT molecular complexity index is 2420. The average molecular weight is 546 g/mol. The molecule has 0 saturated carbocycles. The van der Waals surface area contributed by atoms with Gasteiger partial charge in [0.25, 0.3) is 0 Å². The molecule has 9 rings (SSSR count). The molecule has 2 aromatic heterocycles. The molecule has 1 unspecified atom stereocenters. The molecular weight excluding hydrogens is 521 g/mol. The number of rotatable bonds is 2.